The third-order valence-corrected chi connectivity index (χ3v) is 4.08. The molecule has 1 amide bonds. The van der Waals surface area contributed by atoms with Crippen LogP contribution in [-0.4, -0.2) is 23.1 Å². The van der Waals surface area contributed by atoms with Crippen molar-refractivity contribution in [3.63, 3.8) is 0 Å². The lowest BCUT2D eigenvalue weighted by molar-refractivity contribution is -0.120. The summed E-state index contributed by atoms with van der Waals surface area (Å²) in [6, 6.07) is 13.3. The molecule has 2 aromatic carbocycles. The van der Waals surface area contributed by atoms with Crippen molar-refractivity contribution in [2.24, 2.45) is 0 Å². The third kappa shape index (κ3) is 3.26. The Kier molecular flexibility index (Phi) is 4.82. The number of methoxy groups -OCH3 is 1. The highest BCUT2D eigenvalue weighted by atomic mass is 16.5. The van der Waals surface area contributed by atoms with Crippen LogP contribution in [0.1, 0.15) is 16.7 Å². The summed E-state index contributed by atoms with van der Waals surface area (Å²) in [5, 5.41) is 13.2. The van der Waals surface area contributed by atoms with Gasteiger partial charge in [0.1, 0.15) is 5.75 Å². The van der Waals surface area contributed by atoms with Crippen molar-refractivity contribution in [2.45, 2.75) is 19.6 Å². The van der Waals surface area contributed by atoms with E-state index in [1.54, 1.807) is 7.11 Å². The number of nitrogens with one attached hydrogen (secondary N) is 2. The number of benzene rings is 2. The molecule has 0 fully saturated rings. The van der Waals surface area contributed by atoms with E-state index in [0.717, 1.165) is 33.3 Å². The molecule has 0 aliphatic rings. The number of hydrogen-bond donors (Lipinski definition) is 3. The molecule has 0 aliphatic heterocycles. The van der Waals surface area contributed by atoms with Gasteiger partial charge < -0.3 is 20.1 Å². The molecule has 5 nitrogen and oxygen atoms in total. The monoisotopic (exact) mass is 324 g/mol. The number of aliphatic hydroxyl groups excluding tert-OH is 1. The van der Waals surface area contributed by atoms with E-state index < -0.39 is 0 Å². The summed E-state index contributed by atoms with van der Waals surface area (Å²) in [6.07, 6.45) is 2.11. The van der Waals surface area contributed by atoms with Crippen LogP contribution in [0.25, 0.3) is 10.9 Å². The fourth-order valence-electron chi connectivity index (χ4n) is 2.84. The molecule has 3 rings (SSSR count). The largest absolute Gasteiger partial charge is 0.496 e. The first kappa shape index (κ1) is 16.1. The van der Waals surface area contributed by atoms with Gasteiger partial charge in [-0.2, -0.15) is 0 Å². The molecule has 0 bridgehead atoms. The SMILES string of the molecule is COc1cccc2[nH]cc(CC(=O)NCc3ccccc3CO)c12. The zero-order valence-electron chi connectivity index (χ0n) is 13.5. The highest BCUT2D eigenvalue weighted by molar-refractivity contribution is 5.93. The Morgan fingerprint density at radius 3 is 2.67 bits per heavy atom. The fourth-order valence-corrected chi connectivity index (χ4v) is 2.84. The van der Waals surface area contributed by atoms with Crippen LogP contribution < -0.4 is 10.1 Å². The summed E-state index contributed by atoms with van der Waals surface area (Å²) in [7, 11) is 1.62. The quantitative estimate of drug-likeness (QED) is 0.652. The molecule has 0 unspecified atom stereocenters. The molecule has 0 saturated carbocycles. The van der Waals surface area contributed by atoms with Gasteiger partial charge in [0.05, 0.1) is 20.1 Å². The van der Waals surface area contributed by atoms with Gasteiger partial charge in [0, 0.05) is 23.6 Å². The van der Waals surface area contributed by atoms with E-state index in [1.165, 1.54) is 0 Å². The molecule has 0 radical (unpaired) electrons. The summed E-state index contributed by atoms with van der Waals surface area (Å²) in [5.41, 5.74) is 3.59. The van der Waals surface area contributed by atoms with Gasteiger partial charge in [-0.15, -0.1) is 0 Å². The molecule has 1 heterocycles. The van der Waals surface area contributed by atoms with Crippen LogP contribution in [0.2, 0.25) is 0 Å². The highest BCUT2D eigenvalue weighted by Gasteiger charge is 2.12. The summed E-state index contributed by atoms with van der Waals surface area (Å²) >= 11 is 0. The number of carbonyl (C=O) groups is 1. The average molecular weight is 324 g/mol. The second-order valence-electron chi connectivity index (χ2n) is 5.58. The van der Waals surface area contributed by atoms with Crippen molar-refractivity contribution in [2.75, 3.05) is 7.11 Å². The number of carbonyl (C=O) groups excluding carboxylic acids is 1. The Hall–Kier alpha value is -2.79. The van der Waals surface area contributed by atoms with Crippen LogP contribution in [0.15, 0.2) is 48.7 Å². The maximum Gasteiger partial charge on any atom is 0.224 e. The highest BCUT2D eigenvalue weighted by Crippen LogP contribution is 2.28. The van der Waals surface area contributed by atoms with E-state index in [1.807, 2.05) is 48.7 Å². The molecule has 0 spiro atoms. The van der Waals surface area contributed by atoms with Crippen LogP contribution in [0.5, 0.6) is 5.75 Å². The molecule has 0 aliphatic carbocycles. The Morgan fingerprint density at radius 1 is 1.12 bits per heavy atom. The molecular weight excluding hydrogens is 304 g/mol. The first-order chi connectivity index (χ1) is 11.7. The number of aliphatic hydroxyl groups is 1. The normalized spacial score (nSPS) is 10.8. The van der Waals surface area contributed by atoms with Crippen molar-refractivity contribution in [3.05, 3.63) is 65.4 Å². The van der Waals surface area contributed by atoms with Crippen molar-refractivity contribution in [1.82, 2.24) is 10.3 Å². The van der Waals surface area contributed by atoms with Gasteiger partial charge in [0.2, 0.25) is 5.91 Å². The minimum absolute atomic E-state index is 0.0360. The van der Waals surface area contributed by atoms with E-state index in [4.69, 9.17) is 4.74 Å². The van der Waals surface area contributed by atoms with E-state index in [-0.39, 0.29) is 18.9 Å². The van der Waals surface area contributed by atoms with E-state index in [0.29, 0.717) is 6.54 Å². The summed E-state index contributed by atoms with van der Waals surface area (Å²) in [6.45, 7) is 0.362. The number of fused-ring (bicyclic) bond motifs is 1. The Morgan fingerprint density at radius 2 is 1.92 bits per heavy atom. The molecule has 124 valence electrons. The van der Waals surface area contributed by atoms with Crippen molar-refractivity contribution in [3.8, 4) is 5.75 Å². The van der Waals surface area contributed by atoms with Crippen LogP contribution in [0, 0.1) is 0 Å². The first-order valence-corrected chi connectivity index (χ1v) is 7.80. The number of aromatic amines is 1. The number of ether oxygens (including phenoxy) is 1. The van der Waals surface area contributed by atoms with Gasteiger partial charge in [-0.3, -0.25) is 4.79 Å². The smallest absolute Gasteiger partial charge is 0.224 e. The lowest BCUT2D eigenvalue weighted by Gasteiger charge is -2.09. The summed E-state index contributed by atoms with van der Waals surface area (Å²) < 4.78 is 5.39. The summed E-state index contributed by atoms with van der Waals surface area (Å²) in [4.78, 5) is 15.5. The molecule has 0 saturated heterocycles. The number of H-pyrrole nitrogens is 1. The minimum atomic E-state index is -0.0745. The number of rotatable bonds is 6. The molecule has 5 heteroatoms. The maximum atomic E-state index is 12.3. The van der Waals surface area contributed by atoms with Gasteiger partial charge >= 0.3 is 0 Å². The predicted octanol–water partition coefficient (Wildman–Crippen LogP) is 2.53. The standard InChI is InChI=1S/C19H20N2O3/c1-24-17-8-4-7-16-19(17)15(11-20-16)9-18(23)21-10-13-5-2-3-6-14(13)12-22/h2-8,11,20,22H,9-10,12H2,1H3,(H,21,23). The molecule has 1 aromatic heterocycles. The van der Waals surface area contributed by atoms with E-state index in [9.17, 15) is 9.90 Å². The van der Waals surface area contributed by atoms with Crippen molar-refractivity contribution >= 4 is 16.8 Å². The lowest BCUT2D eigenvalue weighted by Crippen LogP contribution is -2.25. The first-order valence-electron chi connectivity index (χ1n) is 7.80. The van der Waals surface area contributed by atoms with Gasteiger partial charge in [-0.05, 0) is 28.8 Å². The topological polar surface area (TPSA) is 74.4 Å². The van der Waals surface area contributed by atoms with Crippen LogP contribution in [-0.2, 0) is 24.4 Å². The number of amides is 1. The molecule has 3 aromatic rings. The van der Waals surface area contributed by atoms with Gasteiger partial charge in [-0.25, -0.2) is 0 Å². The van der Waals surface area contributed by atoms with Crippen LogP contribution in [0.4, 0.5) is 0 Å². The maximum absolute atomic E-state index is 12.3. The number of hydrogen-bond acceptors (Lipinski definition) is 3. The van der Waals surface area contributed by atoms with Crippen LogP contribution >= 0.6 is 0 Å². The van der Waals surface area contributed by atoms with Crippen LogP contribution in [0.3, 0.4) is 0 Å². The minimum Gasteiger partial charge on any atom is -0.496 e. The molecular formula is C19H20N2O3. The Labute approximate surface area is 140 Å². The van der Waals surface area contributed by atoms with E-state index in [2.05, 4.69) is 10.3 Å². The van der Waals surface area contributed by atoms with E-state index >= 15 is 0 Å². The second kappa shape index (κ2) is 7.19. The predicted molar refractivity (Wildman–Crippen MR) is 92.8 cm³/mol. The van der Waals surface area contributed by atoms with Crippen molar-refractivity contribution in [1.29, 1.82) is 0 Å². The lowest BCUT2D eigenvalue weighted by atomic mass is 10.1. The molecule has 0 atom stereocenters. The molecule has 24 heavy (non-hydrogen) atoms. The summed E-state index contributed by atoms with van der Waals surface area (Å²) in [5.74, 6) is 0.678. The second-order valence-corrected chi connectivity index (χ2v) is 5.58. The third-order valence-electron chi connectivity index (χ3n) is 4.08. The van der Waals surface area contributed by atoms with Gasteiger partial charge in [0.15, 0.2) is 0 Å². The Balaban J connectivity index is 1.71. The molecule has 3 N–H and O–H groups in total. The van der Waals surface area contributed by atoms with Gasteiger partial charge in [-0.1, -0.05) is 30.3 Å². The Bertz CT molecular complexity index is 855. The zero-order valence-corrected chi connectivity index (χ0v) is 13.5. The average Bonchev–Trinajstić information content (AvgIpc) is 3.03. The van der Waals surface area contributed by atoms with Gasteiger partial charge in [0.25, 0.3) is 0 Å². The number of aromatic nitrogens is 1. The fraction of sp³-hybridized carbons (Fsp3) is 0.211. The van der Waals surface area contributed by atoms with Crippen molar-refractivity contribution < 1.29 is 14.6 Å². The zero-order chi connectivity index (χ0) is 16.9.